The highest BCUT2D eigenvalue weighted by molar-refractivity contribution is 6.50. The minimum Gasteiger partial charge on any atom is -0.469 e. The highest BCUT2D eigenvalue weighted by atomic mass is 16.5. The van der Waals surface area contributed by atoms with Gasteiger partial charge in [0.05, 0.1) is 25.4 Å². The molecule has 4 aromatic rings. The summed E-state index contributed by atoms with van der Waals surface area (Å²) >= 11 is 0. The van der Waals surface area contributed by atoms with E-state index in [0.29, 0.717) is 22.0 Å². The van der Waals surface area contributed by atoms with Crippen molar-refractivity contribution >= 4 is 62.6 Å². The number of H-pyrrole nitrogens is 1. The molecular weight excluding hydrogens is 528 g/mol. The lowest BCUT2D eigenvalue weighted by Crippen LogP contribution is -2.43. The van der Waals surface area contributed by atoms with E-state index in [0.717, 1.165) is 15.8 Å². The SMILES string of the molecule is COC(=O)CC[C@H](NC(=O)Cn1cc(C2=C(c3c[nH]c4ccccc34)C(=O)N(C)C2=O)c2ccccc21)C(=O)OC. The maximum Gasteiger partial charge on any atom is 0.328 e. The van der Waals surface area contributed by atoms with Gasteiger partial charge in [-0.15, -0.1) is 0 Å². The summed E-state index contributed by atoms with van der Waals surface area (Å²) < 4.78 is 11.1. The Morgan fingerprint density at radius 3 is 2.27 bits per heavy atom. The van der Waals surface area contributed by atoms with Crippen molar-refractivity contribution in [3.63, 3.8) is 0 Å². The second-order valence-corrected chi connectivity index (χ2v) is 9.61. The second-order valence-electron chi connectivity index (χ2n) is 9.61. The molecule has 0 aliphatic carbocycles. The molecule has 210 valence electrons. The minimum atomic E-state index is -1.05. The van der Waals surface area contributed by atoms with Gasteiger partial charge in [0.25, 0.3) is 11.8 Å². The van der Waals surface area contributed by atoms with E-state index >= 15 is 0 Å². The second kappa shape index (κ2) is 11.1. The number of aromatic amines is 1. The third kappa shape index (κ3) is 4.97. The fraction of sp³-hybridized carbons (Fsp3) is 0.233. The molecule has 0 bridgehead atoms. The Morgan fingerprint density at radius 1 is 0.902 bits per heavy atom. The van der Waals surface area contributed by atoms with Gasteiger partial charge in [-0.1, -0.05) is 36.4 Å². The monoisotopic (exact) mass is 556 g/mol. The Bertz CT molecular complexity index is 1750. The molecule has 11 nitrogen and oxygen atoms in total. The quantitative estimate of drug-likeness (QED) is 0.239. The van der Waals surface area contributed by atoms with E-state index in [1.165, 1.54) is 21.3 Å². The third-order valence-electron chi connectivity index (χ3n) is 7.20. The number of amides is 3. The van der Waals surface area contributed by atoms with Crippen molar-refractivity contribution in [3.05, 3.63) is 72.1 Å². The zero-order chi connectivity index (χ0) is 29.3. The molecule has 1 atom stereocenters. The Morgan fingerprint density at radius 2 is 1.56 bits per heavy atom. The molecule has 11 heteroatoms. The maximum absolute atomic E-state index is 13.5. The number of benzene rings is 2. The molecule has 3 amide bonds. The van der Waals surface area contributed by atoms with Crippen LogP contribution in [-0.2, 0) is 40.0 Å². The number of para-hydroxylation sites is 2. The van der Waals surface area contributed by atoms with Crippen LogP contribution < -0.4 is 5.32 Å². The molecule has 0 radical (unpaired) electrons. The van der Waals surface area contributed by atoms with E-state index in [4.69, 9.17) is 4.74 Å². The molecular formula is C30H28N4O7. The van der Waals surface area contributed by atoms with Gasteiger partial charge >= 0.3 is 11.9 Å². The predicted octanol–water partition coefficient (Wildman–Crippen LogP) is 2.64. The van der Waals surface area contributed by atoms with Gasteiger partial charge in [0, 0.05) is 58.8 Å². The van der Waals surface area contributed by atoms with Crippen LogP contribution in [0.2, 0.25) is 0 Å². The van der Waals surface area contributed by atoms with Crippen LogP contribution in [0.5, 0.6) is 0 Å². The van der Waals surface area contributed by atoms with Gasteiger partial charge in [-0.25, -0.2) is 4.79 Å². The summed E-state index contributed by atoms with van der Waals surface area (Å²) in [6.45, 7) is -0.195. The van der Waals surface area contributed by atoms with Crippen molar-refractivity contribution in [3.8, 4) is 0 Å². The number of hydrogen-bond acceptors (Lipinski definition) is 7. The Kier molecular flexibility index (Phi) is 7.43. The molecule has 1 aliphatic heterocycles. The first-order valence-electron chi connectivity index (χ1n) is 12.9. The largest absolute Gasteiger partial charge is 0.469 e. The number of carbonyl (C=O) groups is 5. The zero-order valence-corrected chi connectivity index (χ0v) is 22.7. The van der Waals surface area contributed by atoms with Crippen molar-refractivity contribution in [1.82, 2.24) is 19.8 Å². The van der Waals surface area contributed by atoms with Gasteiger partial charge in [0.15, 0.2) is 0 Å². The van der Waals surface area contributed by atoms with Crippen molar-refractivity contribution in [1.29, 1.82) is 0 Å². The molecule has 0 unspecified atom stereocenters. The number of imide groups is 1. The maximum atomic E-state index is 13.5. The van der Waals surface area contributed by atoms with Crippen LogP contribution in [0.25, 0.3) is 33.0 Å². The Labute approximate surface area is 234 Å². The van der Waals surface area contributed by atoms with Crippen LogP contribution in [-0.4, -0.2) is 71.4 Å². The number of nitrogens with one attached hydrogen (secondary N) is 2. The number of methoxy groups -OCH3 is 2. The Hall–Kier alpha value is -5.19. The fourth-order valence-electron chi connectivity index (χ4n) is 5.15. The summed E-state index contributed by atoms with van der Waals surface area (Å²) in [5.74, 6) is -2.58. The molecule has 0 spiro atoms. The smallest absolute Gasteiger partial charge is 0.328 e. The standard InChI is InChI=1S/C30H28N4O7/c1-33-28(37)26(19-14-31-21-10-6-4-8-17(19)21)27(29(33)38)20-15-34(23-11-7-5-9-18(20)23)16-24(35)32-22(30(39)41-3)12-13-25(36)40-2/h4-11,14-15,22,31H,12-13,16H2,1-3H3,(H,32,35)/t22-/m0/s1. The van der Waals surface area contributed by atoms with Gasteiger partial charge < -0.3 is 24.3 Å². The van der Waals surface area contributed by atoms with E-state index < -0.39 is 35.7 Å². The summed E-state index contributed by atoms with van der Waals surface area (Å²) in [7, 11) is 3.88. The number of likely N-dealkylation sites (N-methyl/N-ethyl adjacent to an activating group) is 1. The van der Waals surface area contributed by atoms with Crippen LogP contribution in [0.1, 0.15) is 24.0 Å². The lowest BCUT2D eigenvalue weighted by atomic mass is 9.95. The molecule has 2 aromatic heterocycles. The average molecular weight is 557 g/mol. The van der Waals surface area contributed by atoms with Crippen LogP contribution in [0, 0.1) is 0 Å². The molecule has 0 fully saturated rings. The van der Waals surface area contributed by atoms with Gasteiger partial charge in [-0.3, -0.25) is 24.1 Å². The summed E-state index contributed by atoms with van der Waals surface area (Å²) in [5, 5.41) is 4.11. The lowest BCUT2D eigenvalue weighted by Gasteiger charge is -2.16. The molecule has 1 aliphatic rings. The summed E-state index contributed by atoms with van der Waals surface area (Å²) in [4.78, 5) is 68.1. The van der Waals surface area contributed by atoms with Gasteiger partial charge in [0.2, 0.25) is 5.91 Å². The predicted molar refractivity (Wildman–Crippen MR) is 150 cm³/mol. The number of hydrogen-bond donors (Lipinski definition) is 2. The van der Waals surface area contributed by atoms with E-state index in [1.54, 1.807) is 29.1 Å². The minimum absolute atomic E-state index is 0.00653. The van der Waals surface area contributed by atoms with Crippen molar-refractivity contribution in [2.45, 2.75) is 25.4 Å². The van der Waals surface area contributed by atoms with Crippen molar-refractivity contribution < 1.29 is 33.4 Å². The fourth-order valence-corrected chi connectivity index (χ4v) is 5.15. The first-order chi connectivity index (χ1) is 19.7. The van der Waals surface area contributed by atoms with Crippen molar-refractivity contribution in [2.75, 3.05) is 21.3 Å². The number of nitrogens with zero attached hydrogens (tertiary/aromatic N) is 2. The van der Waals surface area contributed by atoms with Gasteiger partial charge in [-0.2, -0.15) is 0 Å². The molecule has 0 saturated heterocycles. The number of ether oxygens (including phenoxy) is 2. The first kappa shape index (κ1) is 27.4. The van der Waals surface area contributed by atoms with E-state index in [9.17, 15) is 24.0 Å². The molecule has 0 saturated carbocycles. The third-order valence-corrected chi connectivity index (χ3v) is 7.20. The number of fused-ring (bicyclic) bond motifs is 2. The molecule has 41 heavy (non-hydrogen) atoms. The van der Waals surface area contributed by atoms with E-state index in [1.807, 2.05) is 36.4 Å². The number of rotatable bonds is 9. The highest BCUT2D eigenvalue weighted by Gasteiger charge is 2.39. The summed E-state index contributed by atoms with van der Waals surface area (Å²) in [5.41, 5.74) is 3.11. The normalized spacial score (nSPS) is 14.2. The molecule has 3 heterocycles. The Balaban J connectivity index is 1.54. The van der Waals surface area contributed by atoms with Crippen LogP contribution in [0.3, 0.4) is 0 Å². The zero-order valence-electron chi connectivity index (χ0n) is 22.7. The topological polar surface area (TPSA) is 140 Å². The van der Waals surface area contributed by atoms with Crippen LogP contribution in [0.15, 0.2) is 60.9 Å². The van der Waals surface area contributed by atoms with E-state index in [2.05, 4.69) is 15.0 Å². The number of aromatic nitrogens is 2. The van der Waals surface area contributed by atoms with Gasteiger partial charge in [-0.05, 0) is 18.6 Å². The van der Waals surface area contributed by atoms with Crippen LogP contribution >= 0.6 is 0 Å². The van der Waals surface area contributed by atoms with Crippen molar-refractivity contribution in [2.24, 2.45) is 0 Å². The first-order valence-corrected chi connectivity index (χ1v) is 12.9. The number of esters is 2. The molecule has 5 rings (SSSR count). The number of carbonyl (C=O) groups excluding carboxylic acids is 5. The van der Waals surface area contributed by atoms with Crippen LogP contribution in [0.4, 0.5) is 0 Å². The summed E-state index contributed by atoms with van der Waals surface area (Å²) in [6, 6.07) is 13.7. The lowest BCUT2D eigenvalue weighted by molar-refractivity contribution is -0.146. The van der Waals surface area contributed by atoms with E-state index in [-0.39, 0.29) is 30.5 Å². The molecule has 2 aromatic carbocycles. The molecule has 2 N–H and O–H groups in total. The van der Waals surface area contributed by atoms with Gasteiger partial charge in [0.1, 0.15) is 12.6 Å². The summed E-state index contributed by atoms with van der Waals surface area (Å²) in [6.07, 6.45) is 3.31. The highest BCUT2D eigenvalue weighted by Crippen LogP contribution is 2.40. The average Bonchev–Trinajstić information content (AvgIpc) is 3.63.